The first-order chi connectivity index (χ1) is 7.20. The summed E-state index contributed by atoms with van der Waals surface area (Å²) in [4.78, 5) is 0. The molecule has 4 heteroatoms. The van der Waals surface area contributed by atoms with E-state index in [1.54, 1.807) is 0 Å². The van der Waals surface area contributed by atoms with E-state index in [9.17, 15) is 0 Å². The van der Waals surface area contributed by atoms with Crippen LogP contribution >= 0.6 is 27.5 Å². The van der Waals surface area contributed by atoms with E-state index in [1.165, 1.54) is 18.4 Å². The molecular formula is C11H14BrClN2. The van der Waals surface area contributed by atoms with Crippen molar-refractivity contribution in [2.24, 2.45) is 5.73 Å². The van der Waals surface area contributed by atoms with Gasteiger partial charge in [-0.1, -0.05) is 17.7 Å². The topological polar surface area (TPSA) is 38.0 Å². The Labute approximate surface area is 103 Å². The standard InChI is InChI=1S/C11H14BrClN2/c12-9-5-7(1-4-10(9)13)11(6-14)15-8-2-3-8/h1,4-5,8,11,15H,2-3,6,14H2. The second-order valence-corrected chi connectivity index (χ2v) is 5.16. The minimum absolute atomic E-state index is 0.242. The highest BCUT2D eigenvalue weighted by atomic mass is 79.9. The summed E-state index contributed by atoms with van der Waals surface area (Å²) in [6, 6.07) is 6.87. The highest BCUT2D eigenvalue weighted by Gasteiger charge is 2.24. The number of nitrogens with one attached hydrogen (secondary N) is 1. The van der Waals surface area contributed by atoms with Crippen LogP contribution in [0.1, 0.15) is 24.4 Å². The number of hydrogen-bond acceptors (Lipinski definition) is 2. The molecule has 1 saturated carbocycles. The molecule has 1 aromatic carbocycles. The highest BCUT2D eigenvalue weighted by molar-refractivity contribution is 9.10. The number of benzene rings is 1. The van der Waals surface area contributed by atoms with Gasteiger partial charge in [0.1, 0.15) is 0 Å². The SMILES string of the molecule is NCC(NC1CC1)c1ccc(Cl)c(Br)c1. The molecule has 0 radical (unpaired) electrons. The Morgan fingerprint density at radius 1 is 1.53 bits per heavy atom. The maximum absolute atomic E-state index is 5.95. The maximum Gasteiger partial charge on any atom is 0.0548 e. The molecular weight excluding hydrogens is 275 g/mol. The summed E-state index contributed by atoms with van der Waals surface area (Å²) in [6.45, 7) is 0.616. The number of halogens is 2. The lowest BCUT2D eigenvalue weighted by Gasteiger charge is -2.17. The van der Waals surface area contributed by atoms with Gasteiger partial charge in [-0.3, -0.25) is 0 Å². The van der Waals surface area contributed by atoms with Gasteiger partial charge < -0.3 is 11.1 Å². The van der Waals surface area contributed by atoms with Crippen molar-refractivity contribution in [3.63, 3.8) is 0 Å². The molecule has 0 aromatic heterocycles. The van der Waals surface area contributed by atoms with E-state index < -0.39 is 0 Å². The summed E-state index contributed by atoms with van der Waals surface area (Å²) in [5, 5.41) is 4.25. The molecule has 1 aliphatic rings. The van der Waals surface area contributed by atoms with Gasteiger partial charge in [-0.15, -0.1) is 0 Å². The summed E-state index contributed by atoms with van der Waals surface area (Å²) >= 11 is 9.37. The molecule has 3 N–H and O–H groups in total. The molecule has 1 fully saturated rings. The number of hydrogen-bond donors (Lipinski definition) is 2. The molecule has 0 amide bonds. The van der Waals surface area contributed by atoms with Crippen molar-refractivity contribution in [2.75, 3.05) is 6.54 Å². The number of nitrogens with two attached hydrogens (primary N) is 1. The van der Waals surface area contributed by atoms with Crippen LogP contribution in [0.25, 0.3) is 0 Å². The second-order valence-electron chi connectivity index (χ2n) is 3.90. The van der Waals surface area contributed by atoms with Crippen LogP contribution < -0.4 is 11.1 Å². The molecule has 0 saturated heterocycles. The van der Waals surface area contributed by atoms with Crippen LogP contribution in [0.15, 0.2) is 22.7 Å². The van der Waals surface area contributed by atoms with Crippen molar-refractivity contribution in [2.45, 2.75) is 24.9 Å². The molecule has 1 atom stereocenters. The molecule has 1 unspecified atom stereocenters. The van der Waals surface area contributed by atoms with Gasteiger partial charge >= 0.3 is 0 Å². The van der Waals surface area contributed by atoms with Gasteiger partial charge in [0.15, 0.2) is 0 Å². The van der Waals surface area contributed by atoms with E-state index >= 15 is 0 Å². The molecule has 2 rings (SSSR count). The Hall–Kier alpha value is -0.0900. The Bertz CT molecular complexity index is 352. The van der Waals surface area contributed by atoms with Gasteiger partial charge in [-0.05, 0) is 46.5 Å². The van der Waals surface area contributed by atoms with E-state index in [1.807, 2.05) is 18.2 Å². The predicted molar refractivity (Wildman–Crippen MR) is 67.1 cm³/mol. The lowest BCUT2D eigenvalue weighted by molar-refractivity contribution is 0.539. The Morgan fingerprint density at radius 2 is 2.27 bits per heavy atom. The van der Waals surface area contributed by atoms with Crippen LogP contribution in [0.4, 0.5) is 0 Å². The first kappa shape index (κ1) is 11.4. The fourth-order valence-corrected chi connectivity index (χ4v) is 2.08. The van der Waals surface area contributed by atoms with E-state index in [2.05, 4.69) is 21.2 Å². The molecule has 1 aliphatic carbocycles. The third kappa shape index (κ3) is 2.94. The van der Waals surface area contributed by atoms with E-state index in [4.69, 9.17) is 17.3 Å². The Morgan fingerprint density at radius 3 is 2.80 bits per heavy atom. The van der Waals surface area contributed by atoms with Crippen molar-refractivity contribution in [1.82, 2.24) is 5.32 Å². The van der Waals surface area contributed by atoms with Crippen LogP contribution in [0.2, 0.25) is 5.02 Å². The van der Waals surface area contributed by atoms with Gasteiger partial charge in [0.25, 0.3) is 0 Å². The summed E-state index contributed by atoms with van der Waals surface area (Å²) < 4.78 is 0.928. The molecule has 1 aromatic rings. The quantitative estimate of drug-likeness (QED) is 0.894. The molecule has 0 heterocycles. The molecule has 82 valence electrons. The van der Waals surface area contributed by atoms with Crippen LogP contribution in [0.5, 0.6) is 0 Å². The van der Waals surface area contributed by atoms with Crippen molar-refractivity contribution in [3.8, 4) is 0 Å². The Kier molecular flexibility index (Phi) is 3.67. The van der Waals surface area contributed by atoms with Gasteiger partial charge in [0.05, 0.1) is 5.02 Å². The van der Waals surface area contributed by atoms with E-state index in [0.717, 1.165) is 9.50 Å². The first-order valence-electron chi connectivity index (χ1n) is 5.12. The minimum atomic E-state index is 0.242. The highest BCUT2D eigenvalue weighted by Crippen LogP contribution is 2.28. The maximum atomic E-state index is 5.95. The predicted octanol–water partition coefficient (Wildman–Crippen LogP) is 2.85. The van der Waals surface area contributed by atoms with Gasteiger partial charge in [-0.2, -0.15) is 0 Å². The van der Waals surface area contributed by atoms with Crippen LogP contribution in [0, 0.1) is 0 Å². The van der Waals surface area contributed by atoms with Crippen molar-refractivity contribution in [3.05, 3.63) is 33.3 Å². The third-order valence-electron chi connectivity index (χ3n) is 2.60. The molecule has 2 nitrogen and oxygen atoms in total. The zero-order valence-electron chi connectivity index (χ0n) is 8.34. The van der Waals surface area contributed by atoms with Crippen molar-refractivity contribution in [1.29, 1.82) is 0 Å². The first-order valence-corrected chi connectivity index (χ1v) is 6.29. The lowest BCUT2D eigenvalue weighted by Crippen LogP contribution is -2.29. The largest absolute Gasteiger partial charge is 0.329 e. The summed E-state index contributed by atoms with van der Waals surface area (Å²) in [7, 11) is 0. The van der Waals surface area contributed by atoms with Crippen LogP contribution in [-0.2, 0) is 0 Å². The number of rotatable bonds is 4. The zero-order chi connectivity index (χ0) is 10.8. The van der Waals surface area contributed by atoms with Crippen molar-refractivity contribution < 1.29 is 0 Å². The van der Waals surface area contributed by atoms with E-state index in [0.29, 0.717) is 12.6 Å². The average Bonchev–Trinajstić information content (AvgIpc) is 3.02. The third-order valence-corrected chi connectivity index (χ3v) is 3.81. The average molecular weight is 290 g/mol. The Balaban J connectivity index is 2.13. The molecule has 0 aliphatic heterocycles. The fourth-order valence-electron chi connectivity index (χ4n) is 1.56. The fraction of sp³-hybridized carbons (Fsp3) is 0.455. The lowest BCUT2D eigenvalue weighted by atomic mass is 10.1. The minimum Gasteiger partial charge on any atom is -0.329 e. The molecule has 15 heavy (non-hydrogen) atoms. The van der Waals surface area contributed by atoms with E-state index in [-0.39, 0.29) is 6.04 Å². The van der Waals surface area contributed by atoms with Gasteiger partial charge in [0.2, 0.25) is 0 Å². The van der Waals surface area contributed by atoms with Crippen molar-refractivity contribution >= 4 is 27.5 Å². The zero-order valence-corrected chi connectivity index (χ0v) is 10.7. The summed E-state index contributed by atoms with van der Waals surface area (Å²) in [5.41, 5.74) is 6.95. The smallest absolute Gasteiger partial charge is 0.0548 e. The molecule has 0 bridgehead atoms. The molecule has 0 spiro atoms. The van der Waals surface area contributed by atoms with Crippen LogP contribution in [-0.4, -0.2) is 12.6 Å². The monoisotopic (exact) mass is 288 g/mol. The summed E-state index contributed by atoms with van der Waals surface area (Å²) in [5.74, 6) is 0. The second kappa shape index (κ2) is 4.83. The normalized spacial score (nSPS) is 17.8. The summed E-state index contributed by atoms with van der Waals surface area (Å²) in [6.07, 6.45) is 2.54. The van der Waals surface area contributed by atoms with Crippen LogP contribution in [0.3, 0.4) is 0 Å². The van der Waals surface area contributed by atoms with Gasteiger partial charge in [0, 0.05) is 23.1 Å². The van der Waals surface area contributed by atoms with Gasteiger partial charge in [-0.25, -0.2) is 0 Å².